The van der Waals surface area contributed by atoms with Crippen LogP contribution < -0.4 is 29.1 Å². The van der Waals surface area contributed by atoms with Gasteiger partial charge in [0.2, 0.25) is 0 Å². The summed E-state index contributed by atoms with van der Waals surface area (Å²) in [5, 5.41) is 0. The van der Waals surface area contributed by atoms with E-state index in [1.54, 1.807) is 7.11 Å². The van der Waals surface area contributed by atoms with Crippen LogP contribution in [0.2, 0.25) is 0 Å². The number of hydrogen-bond acceptors (Lipinski definition) is 5. The fourth-order valence-corrected chi connectivity index (χ4v) is 0.672. The van der Waals surface area contributed by atoms with Crippen LogP contribution in [-0.2, 0) is 0 Å². The zero-order valence-corrected chi connectivity index (χ0v) is 8.19. The van der Waals surface area contributed by atoms with E-state index in [0.29, 0.717) is 0 Å². The Morgan fingerprint density at radius 3 is 2.00 bits per heavy atom. The molecule has 0 aliphatic heterocycles. The van der Waals surface area contributed by atoms with E-state index in [-0.39, 0.29) is 0 Å². The maximum atomic E-state index is 8.49. The van der Waals surface area contributed by atoms with Crippen molar-refractivity contribution in [2.75, 3.05) is 7.11 Å². The van der Waals surface area contributed by atoms with Gasteiger partial charge in [0, 0.05) is 6.07 Å². The smallest absolute Gasteiger partial charge is 0.131 e. The summed E-state index contributed by atoms with van der Waals surface area (Å²) in [5.41, 5.74) is 4.73. The molecule has 80 valence electrons. The molecule has 0 aliphatic rings. The van der Waals surface area contributed by atoms with Crippen molar-refractivity contribution in [3.8, 4) is 5.75 Å². The highest BCUT2D eigenvalue weighted by molar-refractivity contribution is 5.36. The molecule has 1 rings (SSSR count). The first-order valence-electron chi connectivity index (χ1n) is 3.40. The van der Waals surface area contributed by atoms with E-state index in [1.165, 1.54) is 0 Å². The van der Waals surface area contributed by atoms with E-state index in [0.717, 1.165) is 11.4 Å². The first kappa shape index (κ1) is 13.1. The highest BCUT2D eigenvalue weighted by Gasteiger charge is 1.90. The molecule has 0 fully saturated rings. The second kappa shape index (κ2) is 5.76. The highest BCUT2D eigenvalue weighted by Crippen LogP contribution is 2.11. The summed E-state index contributed by atoms with van der Waals surface area (Å²) in [6.07, 6.45) is 0. The summed E-state index contributed by atoms with van der Waals surface area (Å²) in [6.45, 7) is 0. The minimum absolute atomic E-state index is 0.863. The predicted molar refractivity (Wildman–Crippen MR) is 35.5 cm³/mol. The molecule has 0 spiro atoms. The van der Waals surface area contributed by atoms with Crippen molar-refractivity contribution in [1.29, 1.82) is 0 Å². The summed E-state index contributed by atoms with van der Waals surface area (Å²) < 4.78 is 38.9. The molecule has 0 atom stereocenters. The van der Waals surface area contributed by atoms with E-state index in [2.05, 4.69) is 5.73 Å². The van der Waals surface area contributed by atoms with Crippen molar-refractivity contribution in [3.05, 3.63) is 24.3 Å². The summed E-state index contributed by atoms with van der Waals surface area (Å²) in [6, 6.07) is 7.64. The van der Waals surface area contributed by atoms with Crippen molar-refractivity contribution < 1.29 is 39.3 Å². The lowest BCUT2D eigenvalue weighted by Gasteiger charge is -2.17. The Kier molecular flexibility index (Phi) is 5.39. The molecule has 0 radical (unpaired) electrons. The largest absolute Gasteiger partial charge is 0.497 e. The standard InChI is InChI=1S/C7H9NO.ClHO4/c1-9-7-4-2-3-6(8)5-7;2-1(3,4)5/h2-5H,8H2,1H3;(H,2,3,4,5). The lowest BCUT2D eigenvalue weighted by molar-refractivity contribution is -2.00. The van der Waals surface area contributed by atoms with Gasteiger partial charge in [-0.25, -0.2) is 18.6 Å². The third-order valence-electron chi connectivity index (χ3n) is 1.13. The van der Waals surface area contributed by atoms with Gasteiger partial charge in [-0.3, -0.25) is 0 Å². The van der Waals surface area contributed by atoms with Crippen LogP contribution in [0.1, 0.15) is 0 Å². The molecule has 1 aromatic rings. The summed E-state index contributed by atoms with van der Waals surface area (Å²) in [4.78, 5) is 0. The van der Waals surface area contributed by atoms with Gasteiger partial charge in [0.1, 0.15) is 11.4 Å². The molecule has 6 nitrogen and oxygen atoms in total. The van der Waals surface area contributed by atoms with Gasteiger partial charge >= 0.3 is 0 Å². The molecule has 3 N–H and O–H groups in total. The zero-order chi connectivity index (χ0) is 11.2. The molecule has 0 heterocycles. The number of benzene rings is 1. The van der Waals surface area contributed by atoms with E-state index < -0.39 is 10.2 Å². The number of rotatable bonds is 1. The molecule has 14 heavy (non-hydrogen) atoms. The van der Waals surface area contributed by atoms with Crippen molar-refractivity contribution in [3.63, 3.8) is 0 Å². The third kappa shape index (κ3) is 9.20. The first-order chi connectivity index (χ1) is 6.33. The minimum Gasteiger partial charge on any atom is -0.497 e. The molecule has 0 saturated carbocycles. The van der Waals surface area contributed by atoms with Gasteiger partial charge in [0.05, 0.1) is 7.11 Å². The Hall–Kier alpha value is -0.890. The van der Waals surface area contributed by atoms with Crippen molar-refractivity contribution in [1.82, 2.24) is 0 Å². The van der Waals surface area contributed by atoms with Gasteiger partial charge in [-0.1, -0.05) is 6.07 Å². The normalized spacial score (nSPS) is 10.1. The van der Waals surface area contributed by atoms with Crippen LogP contribution in [0.3, 0.4) is 0 Å². The van der Waals surface area contributed by atoms with Gasteiger partial charge in [-0.15, -0.1) is 10.2 Å². The Labute approximate surface area is 82.9 Å². The Morgan fingerprint density at radius 2 is 1.71 bits per heavy atom. The van der Waals surface area contributed by atoms with Gasteiger partial charge in [0.15, 0.2) is 0 Å². The SMILES string of the molecule is COc1cccc([NH3+])c1.[O-][Cl+3]([O-])([O-])[O-]. The van der Waals surface area contributed by atoms with Crippen molar-refractivity contribution in [2.45, 2.75) is 0 Å². The molecule has 7 heteroatoms. The van der Waals surface area contributed by atoms with Gasteiger partial charge in [0.25, 0.3) is 0 Å². The number of methoxy groups -OCH3 is 1. The number of halogens is 1. The minimum atomic E-state index is -4.94. The number of ether oxygens (including phenoxy) is 1. The molecule has 0 amide bonds. The molecule has 1 aromatic carbocycles. The molecular weight excluding hydrogens is 214 g/mol. The average Bonchev–Trinajstić information content (AvgIpc) is 2.01. The monoisotopic (exact) mass is 223 g/mol. The van der Waals surface area contributed by atoms with E-state index >= 15 is 0 Å². The van der Waals surface area contributed by atoms with Crippen molar-refractivity contribution in [2.24, 2.45) is 0 Å². The van der Waals surface area contributed by atoms with Crippen LogP contribution in [0.5, 0.6) is 5.75 Å². The average molecular weight is 224 g/mol. The first-order valence-corrected chi connectivity index (χ1v) is 4.64. The summed E-state index contributed by atoms with van der Waals surface area (Å²) in [7, 11) is -3.30. The lowest BCUT2D eigenvalue weighted by Crippen LogP contribution is -2.68. The topological polar surface area (TPSA) is 129 Å². The summed E-state index contributed by atoms with van der Waals surface area (Å²) in [5.74, 6) is 0.863. The molecule has 0 aromatic heterocycles. The molecule has 0 saturated heterocycles. The quantitative estimate of drug-likeness (QED) is 0.516. The highest BCUT2D eigenvalue weighted by atomic mass is 35.7. The predicted octanol–water partition coefficient (Wildman–Crippen LogP) is -4.19. The fraction of sp³-hybridized carbons (Fsp3) is 0.143. The van der Waals surface area contributed by atoms with Crippen molar-refractivity contribution >= 4 is 5.69 Å². The van der Waals surface area contributed by atoms with Crippen LogP contribution in [0.25, 0.3) is 0 Å². The Balaban J connectivity index is 0.000000292. The van der Waals surface area contributed by atoms with Crippen LogP contribution in [-0.4, -0.2) is 7.11 Å². The molecule has 0 unspecified atom stereocenters. The van der Waals surface area contributed by atoms with E-state index in [9.17, 15) is 0 Å². The Bertz CT molecular complexity index is 269. The van der Waals surface area contributed by atoms with Gasteiger partial charge in [-0.05, 0) is 12.1 Å². The maximum absolute atomic E-state index is 8.49. The molecule has 0 aliphatic carbocycles. The van der Waals surface area contributed by atoms with Crippen LogP contribution >= 0.6 is 0 Å². The fourth-order valence-electron chi connectivity index (χ4n) is 0.672. The maximum Gasteiger partial charge on any atom is 0.131 e. The number of hydrogen-bond donors (Lipinski definition) is 1. The molecule has 0 bridgehead atoms. The van der Waals surface area contributed by atoms with Crippen LogP contribution in [0.15, 0.2) is 24.3 Å². The van der Waals surface area contributed by atoms with Crippen LogP contribution in [0, 0.1) is 10.2 Å². The second-order valence-electron chi connectivity index (χ2n) is 2.23. The van der Waals surface area contributed by atoms with Gasteiger partial charge in [-0.2, -0.15) is 0 Å². The zero-order valence-electron chi connectivity index (χ0n) is 7.44. The van der Waals surface area contributed by atoms with E-state index in [1.807, 2.05) is 24.3 Å². The second-order valence-corrected chi connectivity index (χ2v) is 2.99. The number of quaternary nitrogens is 1. The lowest BCUT2D eigenvalue weighted by atomic mass is 10.3. The van der Waals surface area contributed by atoms with E-state index in [4.69, 9.17) is 23.4 Å². The summed E-state index contributed by atoms with van der Waals surface area (Å²) >= 11 is 0. The van der Waals surface area contributed by atoms with Gasteiger partial charge < -0.3 is 10.5 Å². The van der Waals surface area contributed by atoms with Crippen LogP contribution in [0.4, 0.5) is 5.69 Å². The Morgan fingerprint density at radius 1 is 1.21 bits per heavy atom. The third-order valence-corrected chi connectivity index (χ3v) is 1.13. The molecular formula is C7H10ClNO5.